The third-order valence-corrected chi connectivity index (χ3v) is 4.12. The Bertz CT molecular complexity index is 666. The molecule has 2 N–H and O–H groups in total. The van der Waals surface area contributed by atoms with Gasteiger partial charge in [0.2, 0.25) is 0 Å². The average Bonchev–Trinajstić information content (AvgIpc) is 3.28. The van der Waals surface area contributed by atoms with Crippen molar-refractivity contribution in [2.75, 3.05) is 0 Å². The van der Waals surface area contributed by atoms with Crippen molar-refractivity contribution in [3.63, 3.8) is 0 Å². The highest BCUT2D eigenvalue weighted by Crippen LogP contribution is 2.45. The number of hydrogen-bond acceptors (Lipinski definition) is 1. The number of benzene rings is 2. The highest BCUT2D eigenvalue weighted by Gasteiger charge is 2.45. The number of rotatable bonds is 4. The zero-order chi connectivity index (χ0) is 15.6. The van der Waals surface area contributed by atoms with Gasteiger partial charge in [-0.05, 0) is 48.2 Å². The fourth-order valence-electron chi connectivity index (χ4n) is 2.43. The van der Waals surface area contributed by atoms with Gasteiger partial charge in [0.15, 0.2) is 0 Å². The fourth-order valence-corrected chi connectivity index (χ4v) is 2.55. The van der Waals surface area contributed by atoms with Crippen molar-refractivity contribution in [1.82, 2.24) is 10.6 Å². The Balaban J connectivity index is 1.57. The first-order valence-electron chi connectivity index (χ1n) is 7.14. The maximum Gasteiger partial charge on any atom is 0.315 e. The van der Waals surface area contributed by atoms with Gasteiger partial charge in [0.05, 0.1) is 5.54 Å². The molecule has 0 saturated heterocycles. The van der Waals surface area contributed by atoms with Crippen molar-refractivity contribution < 1.29 is 9.18 Å². The Kier molecular flexibility index (Phi) is 4.03. The van der Waals surface area contributed by atoms with Crippen molar-refractivity contribution in [2.45, 2.75) is 24.9 Å². The molecule has 0 aromatic heterocycles. The minimum atomic E-state index is -0.284. The van der Waals surface area contributed by atoms with E-state index in [0.717, 1.165) is 24.0 Å². The second-order valence-corrected chi connectivity index (χ2v) is 5.96. The van der Waals surface area contributed by atoms with E-state index in [4.69, 9.17) is 11.6 Å². The maximum absolute atomic E-state index is 12.8. The van der Waals surface area contributed by atoms with E-state index >= 15 is 0 Å². The molecular formula is C17H16ClFN2O. The number of halogens is 2. The smallest absolute Gasteiger partial charge is 0.315 e. The van der Waals surface area contributed by atoms with Crippen LogP contribution in [-0.2, 0) is 12.1 Å². The summed E-state index contributed by atoms with van der Waals surface area (Å²) in [7, 11) is 0. The van der Waals surface area contributed by atoms with Crippen LogP contribution in [0.5, 0.6) is 0 Å². The lowest BCUT2D eigenvalue weighted by atomic mass is 10.1. The van der Waals surface area contributed by atoms with Crippen LogP contribution < -0.4 is 10.6 Å². The minimum absolute atomic E-state index is 0.225. The number of carbonyl (C=O) groups is 1. The van der Waals surface area contributed by atoms with Gasteiger partial charge >= 0.3 is 6.03 Å². The van der Waals surface area contributed by atoms with Crippen LogP contribution in [0.3, 0.4) is 0 Å². The summed E-state index contributed by atoms with van der Waals surface area (Å²) >= 11 is 5.89. The molecule has 0 aliphatic heterocycles. The minimum Gasteiger partial charge on any atom is -0.334 e. The van der Waals surface area contributed by atoms with E-state index in [0.29, 0.717) is 11.6 Å². The van der Waals surface area contributed by atoms with Gasteiger partial charge in [0.25, 0.3) is 0 Å². The Morgan fingerprint density at radius 2 is 1.73 bits per heavy atom. The maximum atomic E-state index is 12.8. The molecule has 5 heteroatoms. The van der Waals surface area contributed by atoms with Crippen LogP contribution in [0.1, 0.15) is 24.0 Å². The molecule has 0 heterocycles. The zero-order valence-corrected chi connectivity index (χ0v) is 12.7. The normalized spacial score (nSPS) is 15.2. The molecule has 2 aromatic rings. The molecule has 0 unspecified atom stereocenters. The lowest BCUT2D eigenvalue weighted by Gasteiger charge is -2.18. The topological polar surface area (TPSA) is 41.1 Å². The van der Waals surface area contributed by atoms with Gasteiger partial charge in [-0.1, -0.05) is 35.9 Å². The molecule has 3 rings (SSSR count). The summed E-state index contributed by atoms with van der Waals surface area (Å²) in [6.45, 7) is 0.364. The third-order valence-electron chi connectivity index (χ3n) is 3.87. The monoisotopic (exact) mass is 318 g/mol. The van der Waals surface area contributed by atoms with Crippen LogP contribution in [0.2, 0.25) is 5.02 Å². The van der Waals surface area contributed by atoms with E-state index in [1.165, 1.54) is 12.1 Å². The van der Waals surface area contributed by atoms with Crippen LogP contribution in [0.25, 0.3) is 0 Å². The molecule has 22 heavy (non-hydrogen) atoms. The van der Waals surface area contributed by atoms with Crippen LogP contribution in [-0.4, -0.2) is 6.03 Å². The first-order chi connectivity index (χ1) is 10.6. The highest BCUT2D eigenvalue weighted by molar-refractivity contribution is 6.30. The number of hydrogen-bond donors (Lipinski definition) is 2. The molecule has 1 fully saturated rings. The highest BCUT2D eigenvalue weighted by atomic mass is 35.5. The summed E-state index contributed by atoms with van der Waals surface area (Å²) in [5.41, 5.74) is 1.64. The Morgan fingerprint density at radius 1 is 1.09 bits per heavy atom. The van der Waals surface area contributed by atoms with Crippen molar-refractivity contribution in [2.24, 2.45) is 0 Å². The number of carbonyl (C=O) groups excluding carboxylic acids is 1. The van der Waals surface area contributed by atoms with Crippen LogP contribution in [0, 0.1) is 5.82 Å². The SMILES string of the molecule is O=C(NCc1ccc(F)cc1)NC1(c2ccc(Cl)cc2)CC1. The molecule has 3 nitrogen and oxygen atoms in total. The summed E-state index contributed by atoms with van der Waals surface area (Å²) < 4.78 is 12.8. The fraction of sp³-hybridized carbons (Fsp3) is 0.235. The predicted molar refractivity (Wildman–Crippen MR) is 84.1 cm³/mol. The van der Waals surface area contributed by atoms with Gasteiger partial charge in [0.1, 0.15) is 5.82 Å². The summed E-state index contributed by atoms with van der Waals surface area (Å²) in [5.74, 6) is -0.284. The lowest BCUT2D eigenvalue weighted by molar-refractivity contribution is 0.235. The summed E-state index contributed by atoms with van der Waals surface area (Å²) in [6, 6.07) is 13.4. The van der Waals surface area contributed by atoms with Crippen LogP contribution >= 0.6 is 11.6 Å². The quantitative estimate of drug-likeness (QED) is 0.880. The first kappa shape index (κ1) is 14.9. The molecule has 2 amide bonds. The van der Waals surface area contributed by atoms with E-state index < -0.39 is 0 Å². The van der Waals surface area contributed by atoms with Crippen LogP contribution in [0.4, 0.5) is 9.18 Å². The molecule has 0 spiro atoms. The Labute approximate surface area is 133 Å². The molecule has 0 bridgehead atoms. The molecule has 0 radical (unpaired) electrons. The molecule has 114 valence electrons. The average molecular weight is 319 g/mol. The second-order valence-electron chi connectivity index (χ2n) is 5.52. The van der Waals surface area contributed by atoms with Gasteiger partial charge in [-0.2, -0.15) is 0 Å². The third kappa shape index (κ3) is 3.39. The van der Waals surface area contributed by atoms with E-state index in [2.05, 4.69) is 10.6 Å². The Hall–Kier alpha value is -2.07. The molecule has 1 aliphatic rings. The standard InChI is InChI=1S/C17H16ClFN2O/c18-14-5-3-13(4-6-14)17(9-10-17)21-16(22)20-11-12-1-7-15(19)8-2-12/h1-8H,9-11H2,(H2,20,21,22). The first-order valence-corrected chi connectivity index (χ1v) is 7.52. The molecule has 1 aliphatic carbocycles. The molecule has 1 saturated carbocycles. The van der Waals surface area contributed by atoms with Gasteiger partial charge in [-0.3, -0.25) is 0 Å². The summed E-state index contributed by atoms with van der Waals surface area (Å²) in [5, 5.41) is 6.50. The van der Waals surface area contributed by atoms with Crippen molar-refractivity contribution in [1.29, 1.82) is 0 Å². The van der Waals surface area contributed by atoms with E-state index in [1.54, 1.807) is 12.1 Å². The summed E-state index contributed by atoms with van der Waals surface area (Å²) in [6.07, 6.45) is 1.83. The van der Waals surface area contributed by atoms with Gasteiger partial charge in [0, 0.05) is 11.6 Å². The number of nitrogens with one attached hydrogen (secondary N) is 2. The van der Waals surface area contributed by atoms with Crippen molar-refractivity contribution in [3.05, 3.63) is 70.5 Å². The van der Waals surface area contributed by atoms with Crippen molar-refractivity contribution >= 4 is 17.6 Å². The second kappa shape index (κ2) is 5.97. The van der Waals surface area contributed by atoms with Crippen molar-refractivity contribution in [3.8, 4) is 0 Å². The Morgan fingerprint density at radius 3 is 2.32 bits per heavy atom. The van der Waals surface area contributed by atoms with E-state index in [1.807, 2.05) is 24.3 Å². The predicted octanol–water partition coefficient (Wildman–Crippen LogP) is 3.97. The van der Waals surface area contributed by atoms with Gasteiger partial charge in [-0.25, -0.2) is 9.18 Å². The van der Waals surface area contributed by atoms with Gasteiger partial charge < -0.3 is 10.6 Å². The van der Waals surface area contributed by atoms with Gasteiger partial charge in [-0.15, -0.1) is 0 Å². The van der Waals surface area contributed by atoms with E-state index in [-0.39, 0.29) is 17.4 Å². The van der Waals surface area contributed by atoms with E-state index in [9.17, 15) is 9.18 Å². The number of urea groups is 1. The lowest BCUT2D eigenvalue weighted by Crippen LogP contribution is -2.41. The largest absolute Gasteiger partial charge is 0.334 e. The zero-order valence-electron chi connectivity index (χ0n) is 11.9. The summed E-state index contributed by atoms with van der Waals surface area (Å²) in [4.78, 5) is 12.1. The molecular weight excluding hydrogens is 303 g/mol. The van der Waals surface area contributed by atoms with Crippen LogP contribution in [0.15, 0.2) is 48.5 Å². The molecule has 0 atom stereocenters. The number of amides is 2. The molecule has 2 aromatic carbocycles.